The summed E-state index contributed by atoms with van der Waals surface area (Å²) in [6, 6.07) is 13.5. The molecule has 1 aliphatic rings. The third-order valence-corrected chi connectivity index (χ3v) is 4.10. The van der Waals surface area contributed by atoms with Crippen molar-refractivity contribution in [2.24, 2.45) is 0 Å². The molecule has 102 valence electrons. The second kappa shape index (κ2) is 5.59. The number of benzene rings is 2. The molecule has 0 fully saturated rings. The first-order valence-corrected chi connectivity index (χ1v) is 7.33. The second-order valence-corrected chi connectivity index (χ2v) is 5.64. The summed E-state index contributed by atoms with van der Waals surface area (Å²) in [7, 11) is 0. The topological polar surface area (TPSA) is 35.5 Å². The molecular weight excluding hydrogens is 272 g/mol. The lowest BCUT2D eigenvalue weighted by Gasteiger charge is -2.03. The second-order valence-electron chi connectivity index (χ2n) is 4.59. The largest absolute Gasteiger partial charge is 0.454 e. The van der Waals surface area contributed by atoms with E-state index >= 15 is 0 Å². The van der Waals surface area contributed by atoms with Crippen LogP contribution in [0.5, 0.6) is 11.5 Å². The Bertz CT molecular complexity index is 635. The third-order valence-electron chi connectivity index (χ3n) is 3.09. The Balaban J connectivity index is 1.66. The highest BCUT2D eigenvalue weighted by atomic mass is 32.2. The predicted octanol–water partition coefficient (Wildman–Crippen LogP) is 3.70. The van der Waals surface area contributed by atoms with Crippen LogP contribution in [0.2, 0.25) is 0 Å². The maximum absolute atomic E-state index is 12.2. The number of Topliss-reactive ketones (excluding diaryl/α,β-unsaturated/α-hetero) is 1. The van der Waals surface area contributed by atoms with Gasteiger partial charge in [-0.2, -0.15) is 0 Å². The molecule has 4 heteroatoms. The van der Waals surface area contributed by atoms with Gasteiger partial charge in [0.25, 0.3) is 0 Å². The summed E-state index contributed by atoms with van der Waals surface area (Å²) < 4.78 is 10.5. The minimum absolute atomic E-state index is 0.0916. The highest BCUT2D eigenvalue weighted by molar-refractivity contribution is 8.00. The van der Waals surface area contributed by atoms with E-state index < -0.39 is 0 Å². The zero-order chi connectivity index (χ0) is 13.9. The van der Waals surface area contributed by atoms with E-state index in [1.807, 2.05) is 31.2 Å². The van der Waals surface area contributed by atoms with Crippen LogP contribution in [0.4, 0.5) is 0 Å². The van der Waals surface area contributed by atoms with Crippen molar-refractivity contribution in [1.29, 1.82) is 0 Å². The number of ether oxygens (including phenoxy) is 2. The SMILES string of the molecule is Cc1ccc(SCC(=O)c2ccc3c(c2)OCO3)cc1. The average molecular weight is 286 g/mol. The number of carbonyl (C=O) groups is 1. The van der Waals surface area contributed by atoms with Crippen LogP contribution < -0.4 is 9.47 Å². The number of fused-ring (bicyclic) bond motifs is 1. The van der Waals surface area contributed by atoms with Gasteiger partial charge in [0.1, 0.15) is 0 Å². The number of aryl methyl sites for hydroxylation is 1. The van der Waals surface area contributed by atoms with E-state index in [0.717, 1.165) is 4.90 Å². The van der Waals surface area contributed by atoms with Crippen molar-refractivity contribution in [1.82, 2.24) is 0 Å². The van der Waals surface area contributed by atoms with E-state index in [9.17, 15) is 4.79 Å². The molecule has 2 aromatic carbocycles. The van der Waals surface area contributed by atoms with Crippen LogP contribution >= 0.6 is 11.8 Å². The lowest BCUT2D eigenvalue weighted by Crippen LogP contribution is -2.02. The molecule has 1 heterocycles. The molecule has 0 saturated carbocycles. The van der Waals surface area contributed by atoms with Crippen LogP contribution in [-0.2, 0) is 0 Å². The Hall–Kier alpha value is -1.94. The monoisotopic (exact) mass is 286 g/mol. The van der Waals surface area contributed by atoms with Crippen molar-refractivity contribution in [3.63, 3.8) is 0 Å². The maximum atomic E-state index is 12.2. The Kier molecular flexibility index (Phi) is 3.65. The van der Waals surface area contributed by atoms with Crippen LogP contribution in [0.15, 0.2) is 47.4 Å². The summed E-state index contributed by atoms with van der Waals surface area (Å²) in [5.74, 6) is 1.86. The van der Waals surface area contributed by atoms with Gasteiger partial charge in [-0.15, -0.1) is 11.8 Å². The number of carbonyl (C=O) groups excluding carboxylic acids is 1. The smallest absolute Gasteiger partial charge is 0.231 e. The molecule has 0 radical (unpaired) electrons. The Morgan fingerprint density at radius 3 is 2.65 bits per heavy atom. The number of rotatable bonds is 4. The summed E-state index contributed by atoms with van der Waals surface area (Å²) in [5, 5.41) is 0. The van der Waals surface area contributed by atoms with Gasteiger partial charge in [-0.3, -0.25) is 4.79 Å². The molecular formula is C16H14O3S. The molecule has 0 spiro atoms. The van der Waals surface area contributed by atoms with Gasteiger partial charge in [0.2, 0.25) is 6.79 Å². The molecule has 1 aliphatic heterocycles. The Labute approximate surface area is 121 Å². The minimum Gasteiger partial charge on any atom is -0.454 e. The Morgan fingerprint density at radius 2 is 1.85 bits per heavy atom. The number of ketones is 1. The van der Waals surface area contributed by atoms with E-state index in [1.54, 1.807) is 30.0 Å². The van der Waals surface area contributed by atoms with E-state index in [1.165, 1.54) is 5.56 Å². The summed E-state index contributed by atoms with van der Waals surface area (Å²) in [6.45, 7) is 2.28. The number of thioether (sulfide) groups is 1. The molecule has 3 nitrogen and oxygen atoms in total. The highest BCUT2D eigenvalue weighted by Gasteiger charge is 2.16. The average Bonchev–Trinajstić information content (AvgIpc) is 2.93. The summed E-state index contributed by atoms with van der Waals surface area (Å²) in [4.78, 5) is 13.3. The zero-order valence-electron chi connectivity index (χ0n) is 11.1. The lowest BCUT2D eigenvalue weighted by atomic mass is 10.1. The normalized spacial score (nSPS) is 12.4. The van der Waals surface area contributed by atoms with E-state index in [4.69, 9.17) is 9.47 Å². The van der Waals surface area contributed by atoms with Crippen molar-refractivity contribution in [2.45, 2.75) is 11.8 Å². The number of hydrogen-bond donors (Lipinski definition) is 0. The minimum atomic E-state index is 0.0916. The van der Waals surface area contributed by atoms with Crippen LogP contribution in [0.3, 0.4) is 0 Å². The van der Waals surface area contributed by atoms with E-state index in [2.05, 4.69) is 0 Å². The van der Waals surface area contributed by atoms with Crippen LogP contribution in [0.1, 0.15) is 15.9 Å². The third kappa shape index (κ3) is 2.80. The molecule has 0 aliphatic carbocycles. The molecule has 0 atom stereocenters. The summed E-state index contributed by atoms with van der Waals surface area (Å²) in [6.07, 6.45) is 0. The highest BCUT2D eigenvalue weighted by Crippen LogP contribution is 2.33. The lowest BCUT2D eigenvalue weighted by molar-refractivity contribution is 0.102. The predicted molar refractivity (Wildman–Crippen MR) is 78.8 cm³/mol. The fourth-order valence-electron chi connectivity index (χ4n) is 1.94. The van der Waals surface area contributed by atoms with Gasteiger partial charge in [-0.1, -0.05) is 17.7 Å². The molecule has 0 unspecified atom stereocenters. The van der Waals surface area contributed by atoms with E-state index in [-0.39, 0.29) is 12.6 Å². The quantitative estimate of drug-likeness (QED) is 0.634. The van der Waals surface area contributed by atoms with Crippen molar-refractivity contribution in [3.05, 3.63) is 53.6 Å². The van der Waals surface area contributed by atoms with Crippen LogP contribution in [0.25, 0.3) is 0 Å². The van der Waals surface area contributed by atoms with Gasteiger partial charge < -0.3 is 9.47 Å². The first-order valence-electron chi connectivity index (χ1n) is 6.35. The first kappa shape index (κ1) is 13.1. The molecule has 0 saturated heterocycles. The Morgan fingerprint density at radius 1 is 1.10 bits per heavy atom. The fraction of sp³-hybridized carbons (Fsp3) is 0.188. The van der Waals surface area contributed by atoms with Crippen molar-refractivity contribution in [3.8, 4) is 11.5 Å². The summed E-state index contributed by atoms with van der Waals surface area (Å²) >= 11 is 1.54. The van der Waals surface area contributed by atoms with Crippen LogP contribution in [0, 0.1) is 6.92 Å². The molecule has 3 rings (SSSR count). The molecule has 20 heavy (non-hydrogen) atoms. The van der Waals surface area contributed by atoms with Gasteiger partial charge in [0.15, 0.2) is 17.3 Å². The van der Waals surface area contributed by atoms with Crippen molar-refractivity contribution >= 4 is 17.5 Å². The standard InChI is InChI=1S/C16H14O3S/c1-11-2-5-13(6-3-11)20-9-14(17)12-4-7-15-16(8-12)19-10-18-15/h2-8H,9-10H2,1H3. The maximum Gasteiger partial charge on any atom is 0.231 e. The molecule has 2 aromatic rings. The first-order chi connectivity index (χ1) is 9.72. The van der Waals surface area contributed by atoms with Gasteiger partial charge in [-0.05, 0) is 37.3 Å². The van der Waals surface area contributed by atoms with Gasteiger partial charge in [0, 0.05) is 10.5 Å². The molecule has 0 aromatic heterocycles. The molecule has 0 amide bonds. The summed E-state index contributed by atoms with van der Waals surface area (Å²) in [5.41, 5.74) is 1.88. The molecule has 0 N–H and O–H groups in total. The van der Waals surface area contributed by atoms with Gasteiger partial charge >= 0.3 is 0 Å². The van der Waals surface area contributed by atoms with Gasteiger partial charge in [-0.25, -0.2) is 0 Å². The number of hydrogen-bond acceptors (Lipinski definition) is 4. The fourth-order valence-corrected chi connectivity index (χ4v) is 2.73. The van der Waals surface area contributed by atoms with E-state index in [0.29, 0.717) is 22.8 Å². The van der Waals surface area contributed by atoms with Crippen LogP contribution in [-0.4, -0.2) is 18.3 Å². The zero-order valence-corrected chi connectivity index (χ0v) is 11.9. The molecule has 0 bridgehead atoms. The van der Waals surface area contributed by atoms with Gasteiger partial charge in [0.05, 0.1) is 5.75 Å². The van der Waals surface area contributed by atoms with Crippen molar-refractivity contribution < 1.29 is 14.3 Å². The van der Waals surface area contributed by atoms with Crippen molar-refractivity contribution in [2.75, 3.05) is 12.5 Å².